The second-order valence-corrected chi connectivity index (χ2v) is 5.40. The lowest BCUT2D eigenvalue weighted by atomic mass is 10.1. The summed E-state index contributed by atoms with van der Waals surface area (Å²) in [4.78, 5) is 0. The summed E-state index contributed by atoms with van der Waals surface area (Å²) >= 11 is 0. The molecule has 0 unspecified atom stereocenters. The second-order valence-electron chi connectivity index (χ2n) is 5.40. The van der Waals surface area contributed by atoms with Gasteiger partial charge in [0.15, 0.2) is 11.5 Å². The Balaban J connectivity index is 2.03. The molecule has 0 spiro atoms. The van der Waals surface area contributed by atoms with Crippen LogP contribution in [0.5, 0.6) is 11.5 Å². The van der Waals surface area contributed by atoms with Crippen molar-refractivity contribution < 1.29 is 9.47 Å². The molecule has 0 saturated heterocycles. The van der Waals surface area contributed by atoms with E-state index < -0.39 is 0 Å². The minimum atomic E-state index is 0.714. The number of benzene rings is 1. The molecule has 20 heavy (non-hydrogen) atoms. The van der Waals surface area contributed by atoms with Gasteiger partial charge in [0.25, 0.3) is 0 Å². The van der Waals surface area contributed by atoms with Crippen LogP contribution >= 0.6 is 0 Å². The van der Waals surface area contributed by atoms with E-state index in [0.717, 1.165) is 36.1 Å². The Hall–Kier alpha value is -1.48. The summed E-state index contributed by atoms with van der Waals surface area (Å²) in [5.74, 6) is 1.62. The van der Waals surface area contributed by atoms with E-state index in [1.165, 1.54) is 18.4 Å². The highest BCUT2D eigenvalue weighted by atomic mass is 16.5. The third-order valence-corrected chi connectivity index (χ3v) is 3.31. The number of ether oxygens (including phenoxy) is 2. The van der Waals surface area contributed by atoms with Gasteiger partial charge in [-0.15, -0.1) is 0 Å². The van der Waals surface area contributed by atoms with E-state index in [4.69, 9.17) is 9.47 Å². The summed E-state index contributed by atoms with van der Waals surface area (Å²) < 4.78 is 11.1. The summed E-state index contributed by atoms with van der Waals surface area (Å²) in [6, 6.07) is 6.84. The van der Waals surface area contributed by atoms with Crippen LogP contribution in [0.15, 0.2) is 23.8 Å². The van der Waals surface area contributed by atoms with Crippen molar-refractivity contribution >= 4 is 6.08 Å². The number of hydrogen-bond acceptors (Lipinski definition) is 3. The van der Waals surface area contributed by atoms with Gasteiger partial charge < -0.3 is 14.8 Å². The molecule has 0 aromatic heterocycles. The molecule has 2 rings (SSSR count). The number of hydrogen-bond donors (Lipinski definition) is 1. The quantitative estimate of drug-likeness (QED) is 0.785. The molecule has 0 amide bonds. The van der Waals surface area contributed by atoms with Crippen molar-refractivity contribution in [3.8, 4) is 11.5 Å². The molecule has 1 aliphatic carbocycles. The summed E-state index contributed by atoms with van der Waals surface area (Å²) in [5, 5.41) is 3.52. The first-order valence-electron chi connectivity index (χ1n) is 7.44. The van der Waals surface area contributed by atoms with Crippen molar-refractivity contribution in [1.82, 2.24) is 5.32 Å². The van der Waals surface area contributed by atoms with Crippen molar-refractivity contribution in [2.24, 2.45) is 0 Å². The average Bonchev–Trinajstić information content (AvgIpc) is 3.27. The maximum Gasteiger partial charge on any atom is 0.161 e. The van der Waals surface area contributed by atoms with Gasteiger partial charge in [-0.1, -0.05) is 24.6 Å². The van der Waals surface area contributed by atoms with Crippen LogP contribution in [0.3, 0.4) is 0 Å². The number of nitrogens with one attached hydrogen (secondary N) is 1. The van der Waals surface area contributed by atoms with Gasteiger partial charge in [-0.05, 0) is 43.9 Å². The third-order valence-electron chi connectivity index (χ3n) is 3.31. The van der Waals surface area contributed by atoms with Gasteiger partial charge >= 0.3 is 0 Å². The lowest BCUT2D eigenvalue weighted by Gasteiger charge is -2.11. The van der Waals surface area contributed by atoms with Gasteiger partial charge in [0, 0.05) is 12.6 Å². The van der Waals surface area contributed by atoms with E-state index in [0.29, 0.717) is 6.61 Å². The highest BCUT2D eigenvalue weighted by molar-refractivity contribution is 5.58. The van der Waals surface area contributed by atoms with Crippen LogP contribution in [0, 0.1) is 0 Å². The minimum Gasteiger partial charge on any atom is -0.493 e. The van der Waals surface area contributed by atoms with Crippen molar-refractivity contribution in [2.45, 2.75) is 39.2 Å². The molecule has 0 bridgehead atoms. The van der Waals surface area contributed by atoms with Gasteiger partial charge in [0.05, 0.1) is 13.7 Å². The van der Waals surface area contributed by atoms with E-state index in [1.54, 1.807) is 7.11 Å². The molecule has 3 nitrogen and oxygen atoms in total. The van der Waals surface area contributed by atoms with Gasteiger partial charge in [0.2, 0.25) is 0 Å². The standard InChI is InChI=1S/C17H25NO2/c1-4-9-20-17-11-14(5-8-16(17)19-3)10-13(2)12-18-15-6-7-15/h5,8,10-11,15,18H,4,6-7,9,12H2,1-3H3. The number of rotatable bonds is 8. The molecule has 1 saturated carbocycles. The highest BCUT2D eigenvalue weighted by Crippen LogP contribution is 2.29. The zero-order chi connectivity index (χ0) is 14.4. The SMILES string of the molecule is CCCOc1cc(C=C(C)CNC2CC2)ccc1OC. The van der Waals surface area contributed by atoms with E-state index in [1.807, 2.05) is 6.07 Å². The lowest BCUT2D eigenvalue weighted by Crippen LogP contribution is -2.18. The van der Waals surface area contributed by atoms with Crippen LogP contribution in [0.1, 0.15) is 38.7 Å². The maximum absolute atomic E-state index is 5.74. The predicted molar refractivity (Wildman–Crippen MR) is 83.5 cm³/mol. The fourth-order valence-electron chi connectivity index (χ4n) is 2.04. The Morgan fingerprint density at radius 2 is 2.15 bits per heavy atom. The monoisotopic (exact) mass is 275 g/mol. The summed E-state index contributed by atoms with van der Waals surface area (Å²) in [5.41, 5.74) is 2.50. The first kappa shape index (κ1) is 14.9. The zero-order valence-electron chi connectivity index (χ0n) is 12.7. The molecule has 3 heteroatoms. The Bertz CT molecular complexity index is 464. The van der Waals surface area contributed by atoms with Crippen molar-refractivity contribution in [3.63, 3.8) is 0 Å². The molecule has 1 aromatic rings. The Morgan fingerprint density at radius 3 is 2.80 bits per heavy atom. The van der Waals surface area contributed by atoms with Crippen molar-refractivity contribution in [2.75, 3.05) is 20.3 Å². The summed E-state index contributed by atoms with van der Waals surface area (Å²) in [6.07, 6.45) is 5.84. The molecule has 1 fully saturated rings. The Kier molecular flexibility index (Phi) is 5.48. The second kappa shape index (κ2) is 7.34. The van der Waals surface area contributed by atoms with Gasteiger partial charge in [-0.2, -0.15) is 0 Å². The lowest BCUT2D eigenvalue weighted by molar-refractivity contribution is 0.294. The van der Waals surface area contributed by atoms with Crippen molar-refractivity contribution in [3.05, 3.63) is 29.3 Å². The molecule has 1 aliphatic rings. The molecular weight excluding hydrogens is 250 g/mol. The molecule has 110 valence electrons. The molecule has 0 heterocycles. The Labute approximate surface area is 122 Å². The molecule has 1 aromatic carbocycles. The third kappa shape index (κ3) is 4.57. The minimum absolute atomic E-state index is 0.714. The first-order valence-corrected chi connectivity index (χ1v) is 7.44. The number of methoxy groups -OCH3 is 1. The molecule has 1 N–H and O–H groups in total. The predicted octanol–water partition coefficient (Wildman–Crippen LogP) is 3.64. The van der Waals surface area contributed by atoms with Crippen LogP contribution in [0.2, 0.25) is 0 Å². The van der Waals surface area contributed by atoms with E-state index in [9.17, 15) is 0 Å². The first-order chi connectivity index (χ1) is 9.72. The maximum atomic E-state index is 5.74. The summed E-state index contributed by atoms with van der Waals surface area (Å²) in [7, 11) is 1.68. The molecule has 0 atom stereocenters. The fraction of sp³-hybridized carbons (Fsp3) is 0.529. The largest absolute Gasteiger partial charge is 0.493 e. The molecular formula is C17H25NO2. The zero-order valence-corrected chi connectivity index (χ0v) is 12.7. The van der Waals surface area contributed by atoms with Crippen LogP contribution < -0.4 is 14.8 Å². The van der Waals surface area contributed by atoms with Crippen LogP contribution in [0.4, 0.5) is 0 Å². The normalized spacial score (nSPS) is 15.2. The van der Waals surface area contributed by atoms with E-state index in [-0.39, 0.29) is 0 Å². The Morgan fingerprint density at radius 1 is 1.35 bits per heavy atom. The summed E-state index contributed by atoms with van der Waals surface area (Å²) in [6.45, 7) is 5.93. The van der Waals surface area contributed by atoms with E-state index >= 15 is 0 Å². The van der Waals surface area contributed by atoms with Gasteiger partial charge in [0.1, 0.15) is 0 Å². The van der Waals surface area contributed by atoms with E-state index in [2.05, 4.69) is 37.4 Å². The highest BCUT2D eigenvalue weighted by Gasteiger charge is 2.19. The smallest absolute Gasteiger partial charge is 0.161 e. The molecule has 0 radical (unpaired) electrons. The van der Waals surface area contributed by atoms with Crippen LogP contribution in [0.25, 0.3) is 6.08 Å². The fourth-order valence-corrected chi connectivity index (χ4v) is 2.04. The van der Waals surface area contributed by atoms with Gasteiger partial charge in [-0.25, -0.2) is 0 Å². The van der Waals surface area contributed by atoms with Crippen LogP contribution in [-0.4, -0.2) is 26.3 Å². The topological polar surface area (TPSA) is 30.5 Å². The van der Waals surface area contributed by atoms with Gasteiger partial charge in [-0.3, -0.25) is 0 Å². The van der Waals surface area contributed by atoms with Crippen molar-refractivity contribution in [1.29, 1.82) is 0 Å². The van der Waals surface area contributed by atoms with Crippen LogP contribution in [-0.2, 0) is 0 Å². The average molecular weight is 275 g/mol. The molecule has 0 aliphatic heterocycles.